The molecule has 2 unspecified atom stereocenters. The summed E-state index contributed by atoms with van der Waals surface area (Å²) in [6.45, 7) is 0.714. The third kappa shape index (κ3) is 6.27. The minimum absolute atomic E-state index is 0.113. The van der Waals surface area contributed by atoms with Crippen molar-refractivity contribution >= 4 is 18.0 Å². The molecule has 0 radical (unpaired) electrons. The molecule has 1 heterocycles. The fourth-order valence-electron chi connectivity index (χ4n) is 1.87. The van der Waals surface area contributed by atoms with Crippen molar-refractivity contribution in [2.45, 2.75) is 44.0 Å². The van der Waals surface area contributed by atoms with Crippen molar-refractivity contribution in [1.82, 2.24) is 20.8 Å². The van der Waals surface area contributed by atoms with Gasteiger partial charge in [0, 0.05) is 6.42 Å². The van der Waals surface area contributed by atoms with Gasteiger partial charge < -0.3 is 41.2 Å². The summed E-state index contributed by atoms with van der Waals surface area (Å²) in [5.41, 5.74) is 5.53. The first-order chi connectivity index (χ1) is 12.1. The van der Waals surface area contributed by atoms with Crippen molar-refractivity contribution in [3.05, 3.63) is 11.8 Å². The lowest BCUT2D eigenvalue weighted by Crippen LogP contribution is -2.51. The Bertz CT molecular complexity index is 634. The fourth-order valence-corrected chi connectivity index (χ4v) is 1.87. The summed E-state index contributed by atoms with van der Waals surface area (Å²) >= 11 is 0. The van der Waals surface area contributed by atoms with Gasteiger partial charge in [-0.2, -0.15) is 0 Å². The van der Waals surface area contributed by atoms with E-state index in [1.165, 1.54) is 6.92 Å². The zero-order chi connectivity index (χ0) is 19.9. The van der Waals surface area contributed by atoms with Gasteiger partial charge in [0.15, 0.2) is 6.04 Å². The molecule has 146 valence electrons. The van der Waals surface area contributed by atoms with E-state index in [2.05, 4.69) is 15.5 Å². The standard InChI is InChI=1S/C13H21N5O8/c1-5(20)9(12(23)24)16-13(25)15-7(2-3-8(21)22)11-18-17-10(26-11)6(14)4-19/h5-7,9,19-20H,2-4,14H2,1H3,(H,21,22)(H,23,24)(H2,15,16,25)/t5?,6-,7-,9?/m0/s1. The zero-order valence-electron chi connectivity index (χ0n) is 13.8. The number of aliphatic hydroxyl groups excluding tert-OH is 2. The highest BCUT2D eigenvalue weighted by Gasteiger charge is 2.28. The van der Waals surface area contributed by atoms with Crippen molar-refractivity contribution in [3.63, 3.8) is 0 Å². The molecule has 0 aromatic carbocycles. The van der Waals surface area contributed by atoms with Gasteiger partial charge in [-0.15, -0.1) is 10.2 Å². The maximum atomic E-state index is 12.0. The topological polar surface area (TPSA) is 221 Å². The van der Waals surface area contributed by atoms with Crippen LogP contribution < -0.4 is 16.4 Å². The quantitative estimate of drug-likeness (QED) is 0.239. The molecule has 1 rings (SSSR count). The Kier molecular flexibility index (Phi) is 7.89. The van der Waals surface area contributed by atoms with E-state index in [0.29, 0.717) is 0 Å². The number of aromatic nitrogens is 2. The minimum atomic E-state index is -1.57. The molecule has 0 fully saturated rings. The number of hydrogen-bond donors (Lipinski definition) is 7. The van der Waals surface area contributed by atoms with E-state index in [4.69, 9.17) is 25.5 Å². The van der Waals surface area contributed by atoms with Gasteiger partial charge in [0.2, 0.25) is 11.8 Å². The minimum Gasteiger partial charge on any atom is -0.481 e. The number of aliphatic hydroxyl groups is 2. The number of rotatable bonds is 10. The molecule has 13 nitrogen and oxygen atoms in total. The normalized spacial score (nSPS) is 15.5. The summed E-state index contributed by atoms with van der Waals surface area (Å²) in [6.07, 6.45) is -1.85. The van der Waals surface area contributed by atoms with Crippen LogP contribution in [0.15, 0.2) is 4.42 Å². The molecule has 0 aliphatic rings. The molecule has 0 spiro atoms. The van der Waals surface area contributed by atoms with Crippen molar-refractivity contribution < 1.29 is 39.2 Å². The van der Waals surface area contributed by atoms with Crippen molar-refractivity contribution in [2.75, 3.05) is 6.61 Å². The Balaban J connectivity index is 2.89. The van der Waals surface area contributed by atoms with Crippen LogP contribution in [0.3, 0.4) is 0 Å². The van der Waals surface area contributed by atoms with Gasteiger partial charge in [0.25, 0.3) is 0 Å². The molecule has 0 saturated carbocycles. The van der Waals surface area contributed by atoms with E-state index in [0.717, 1.165) is 0 Å². The second kappa shape index (κ2) is 9.65. The van der Waals surface area contributed by atoms with Crippen LogP contribution in [0.25, 0.3) is 0 Å². The number of urea groups is 1. The lowest BCUT2D eigenvalue weighted by Gasteiger charge is -2.20. The summed E-state index contributed by atoms with van der Waals surface area (Å²) in [6, 6.07) is -4.56. The van der Waals surface area contributed by atoms with E-state index in [1.54, 1.807) is 0 Å². The molecular weight excluding hydrogens is 354 g/mol. The van der Waals surface area contributed by atoms with E-state index in [9.17, 15) is 19.5 Å². The summed E-state index contributed by atoms with van der Waals surface area (Å²) in [7, 11) is 0. The van der Waals surface area contributed by atoms with E-state index in [1.807, 2.05) is 5.32 Å². The molecule has 0 bridgehead atoms. The number of aliphatic carboxylic acids is 2. The summed E-state index contributed by atoms with van der Waals surface area (Å²) in [4.78, 5) is 33.8. The van der Waals surface area contributed by atoms with Crippen LogP contribution in [0.4, 0.5) is 4.79 Å². The molecule has 0 aliphatic carbocycles. The van der Waals surface area contributed by atoms with Gasteiger partial charge in [-0.05, 0) is 13.3 Å². The van der Waals surface area contributed by atoms with Gasteiger partial charge >= 0.3 is 18.0 Å². The van der Waals surface area contributed by atoms with E-state index >= 15 is 0 Å². The first-order valence-corrected chi connectivity index (χ1v) is 7.55. The van der Waals surface area contributed by atoms with Gasteiger partial charge in [-0.3, -0.25) is 4.79 Å². The lowest BCUT2D eigenvalue weighted by molar-refractivity contribution is -0.141. The number of carbonyl (C=O) groups is 3. The molecule has 4 atom stereocenters. The van der Waals surface area contributed by atoms with Gasteiger partial charge in [0.1, 0.15) is 12.1 Å². The van der Waals surface area contributed by atoms with Crippen LogP contribution >= 0.6 is 0 Å². The van der Waals surface area contributed by atoms with E-state index < -0.39 is 48.8 Å². The lowest BCUT2D eigenvalue weighted by atomic mass is 10.1. The van der Waals surface area contributed by atoms with Crippen LogP contribution in [0.1, 0.15) is 43.6 Å². The summed E-state index contributed by atoms with van der Waals surface area (Å²) in [5.74, 6) is -2.87. The summed E-state index contributed by atoms with van der Waals surface area (Å²) < 4.78 is 5.22. The molecule has 0 aliphatic heterocycles. The molecule has 2 amide bonds. The second-order valence-corrected chi connectivity index (χ2v) is 5.43. The highest BCUT2D eigenvalue weighted by Crippen LogP contribution is 2.19. The highest BCUT2D eigenvalue weighted by molar-refractivity contribution is 5.83. The first-order valence-electron chi connectivity index (χ1n) is 7.55. The Morgan fingerprint density at radius 2 is 1.81 bits per heavy atom. The number of carbonyl (C=O) groups excluding carboxylic acids is 1. The van der Waals surface area contributed by atoms with Gasteiger partial charge in [-0.1, -0.05) is 0 Å². The smallest absolute Gasteiger partial charge is 0.328 e. The average molecular weight is 375 g/mol. The monoisotopic (exact) mass is 375 g/mol. The number of nitrogens with one attached hydrogen (secondary N) is 2. The Morgan fingerprint density at radius 3 is 2.31 bits per heavy atom. The van der Waals surface area contributed by atoms with Crippen molar-refractivity contribution in [2.24, 2.45) is 5.73 Å². The highest BCUT2D eigenvalue weighted by atomic mass is 16.4. The molecule has 8 N–H and O–H groups in total. The average Bonchev–Trinajstić information content (AvgIpc) is 3.04. The predicted molar refractivity (Wildman–Crippen MR) is 82.7 cm³/mol. The Labute approximate surface area is 147 Å². The van der Waals surface area contributed by atoms with Crippen LogP contribution in [-0.2, 0) is 9.59 Å². The van der Waals surface area contributed by atoms with Crippen LogP contribution in [-0.4, -0.2) is 67.3 Å². The maximum absolute atomic E-state index is 12.0. The SMILES string of the molecule is CC(O)C(NC(=O)N[C@@H](CCC(=O)O)c1nnc([C@@H](N)CO)o1)C(=O)O. The van der Waals surface area contributed by atoms with Crippen molar-refractivity contribution in [1.29, 1.82) is 0 Å². The molecule has 1 aromatic heterocycles. The Morgan fingerprint density at radius 1 is 1.19 bits per heavy atom. The number of nitrogens with two attached hydrogens (primary N) is 1. The molecular formula is C13H21N5O8. The number of carboxylic acids is 2. The molecule has 1 aromatic rings. The third-order valence-electron chi connectivity index (χ3n) is 3.26. The largest absolute Gasteiger partial charge is 0.481 e. The number of amides is 2. The Hall–Kier alpha value is -2.77. The first kappa shape index (κ1) is 21.3. The molecule has 0 saturated heterocycles. The predicted octanol–water partition coefficient (Wildman–Crippen LogP) is -1.90. The van der Waals surface area contributed by atoms with Crippen LogP contribution in [0.5, 0.6) is 0 Å². The third-order valence-corrected chi connectivity index (χ3v) is 3.26. The number of nitrogens with zero attached hydrogens (tertiary/aromatic N) is 2. The van der Waals surface area contributed by atoms with Crippen LogP contribution in [0, 0.1) is 0 Å². The zero-order valence-corrected chi connectivity index (χ0v) is 13.8. The van der Waals surface area contributed by atoms with Crippen LogP contribution in [0.2, 0.25) is 0 Å². The number of carboxylic acid groups (broad SMARTS) is 2. The summed E-state index contributed by atoms with van der Waals surface area (Å²) in [5, 5.41) is 47.7. The maximum Gasteiger partial charge on any atom is 0.328 e. The van der Waals surface area contributed by atoms with Crippen molar-refractivity contribution in [3.8, 4) is 0 Å². The number of hydrogen-bond acceptors (Lipinski definition) is 9. The van der Waals surface area contributed by atoms with Gasteiger partial charge in [0.05, 0.1) is 12.7 Å². The fraction of sp³-hybridized carbons (Fsp3) is 0.615. The second-order valence-electron chi connectivity index (χ2n) is 5.43. The molecule has 26 heavy (non-hydrogen) atoms. The van der Waals surface area contributed by atoms with E-state index in [-0.39, 0.29) is 24.6 Å². The molecule has 13 heteroatoms. The van der Waals surface area contributed by atoms with Gasteiger partial charge in [-0.25, -0.2) is 9.59 Å².